The number of benzene rings is 2. The molecule has 2 rings (SSSR count). The maximum atomic E-state index is 12.4. The molecule has 0 aliphatic heterocycles. The van der Waals surface area contributed by atoms with Crippen molar-refractivity contribution in [3.05, 3.63) is 53.6 Å². The van der Waals surface area contributed by atoms with Gasteiger partial charge in [-0.25, -0.2) is 4.79 Å². The smallest absolute Gasteiger partial charge is 0.387 e. The Labute approximate surface area is 166 Å². The molecule has 9 heteroatoms. The molecule has 0 saturated heterocycles. The minimum Gasteiger partial charge on any atom is -0.496 e. The van der Waals surface area contributed by atoms with E-state index in [1.54, 1.807) is 18.2 Å². The summed E-state index contributed by atoms with van der Waals surface area (Å²) in [5.41, 5.74) is 0.786. The second-order valence-electron chi connectivity index (χ2n) is 5.82. The molecule has 0 fully saturated rings. The number of amides is 1. The number of nitrogens with one attached hydrogen (secondary N) is 1. The third kappa shape index (κ3) is 6.06. The van der Waals surface area contributed by atoms with Gasteiger partial charge in [0, 0.05) is 12.1 Å². The minimum atomic E-state index is -3.03. The first kappa shape index (κ1) is 21.9. The Balaban J connectivity index is 1.98. The summed E-state index contributed by atoms with van der Waals surface area (Å²) in [4.78, 5) is 24.5. The third-order valence-corrected chi connectivity index (χ3v) is 3.91. The molecule has 0 aliphatic rings. The van der Waals surface area contributed by atoms with Crippen LogP contribution in [0.5, 0.6) is 17.2 Å². The van der Waals surface area contributed by atoms with E-state index in [0.717, 1.165) is 11.6 Å². The van der Waals surface area contributed by atoms with Crippen molar-refractivity contribution in [2.24, 2.45) is 0 Å². The van der Waals surface area contributed by atoms with Crippen LogP contribution in [0.25, 0.3) is 0 Å². The lowest BCUT2D eigenvalue weighted by Crippen LogP contribution is -2.35. The number of hydrogen-bond acceptors (Lipinski definition) is 6. The minimum absolute atomic E-state index is 0.0212. The molecule has 1 amide bonds. The van der Waals surface area contributed by atoms with E-state index in [9.17, 15) is 18.4 Å². The summed E-state index contributed by atoms with van der Waals surface area (Å²) in [6.07, 6.45) is -1.08. The van der Waals surface area contributed by atoms with Crippen molar-refractivity contribution in [1.82, 2.24) is 5.32 Å². The van der Waals surface area contributed by atoms with Gasteiger partial charge in [-0.05, 0) is 31.2 Å². The first-order chi connectivity index (χ1) is 13.8. The molecule has 0 aromatic heterocycles. The third-order valence-electron chi connectivity index (χ3n) is 3.91. The highest BCUT2D eigenvalue weighted by Gasteiger charge is 2.21. The molecule has 156 valence electrons. The highest BCUT2D eigenvalue weighted by atomic mass is 19.3. The van der Waals surface area contributed by atoms with Gasteiger partial charge in [-0.3, -0.25) is 4.79 Å². The monoisotopic (exact) mass is 409 g/mol. The fourth-order valence-electron chi connectivity index (χ4n) is 2.45. The van der Waals surface area contributed by atoms with E-state index in [-0.39, 0.29) is 23.6 Å². The highest BCUT2D eigenvalue weighted by Crippen LogP contribution is 2.29. The Hall–Kier alpha value is -3.36. The standard InChI is InChI=1S/C20H21F2NO6/c1-12(18(24)23-11-14-6-4-5-7-15(14)26-2)28-19(25)13-8-9-16(29-20(21)22)17(10-13)27-3/h4-10,12,20H,11H2,1-3H3,(H,23,24)/t12-/m1/s1. The van der Waals surface area contributed by atoms with Crippen LogP contribution in [0.15, 0.2) is 42.5 Å². The summed E-state index contributed by atoms with van der Waals surface area (Å²) < 4.78 is 44.3. The Kier molecular flexibility index (Phi) is 7.76. The van der Waals surface area contributed by atoms with Crippen LogP contribution in [-0.4, -0.2) is 38.8 Å². The first-order valence-corrected chi connectivity index (χ1v) is 8.59. The van der Waals surface area contributed by atoms with Gasteiger partial charge >= 0.3 is 12.6 Å². The SMILES string of the molecule is COc1ccccc1CNC(=O)[C@@H](C)OC(=O)c1ccc(OC(F)F)c(OC)c1. The number of para-hydroxylation sites is 1. The Morgan fingerprint density at radius 2 is 1.69 bits per heavy atom. The van der Waals surface area contributed by atoms with Gasteiger partial charge in [0.25, 0.3) is 5.91 Å². The number of halogens is 2. The molecular formula is C20H21F2NO6. The van der Waals surface area contributed by atoms with E-state index >= 15 is 0 Å². The average Bonchev–Trinajstić information content (AvgIpc) is 2.71. The molecule has 1 N–H and O–H groups in total. The van der Waals surface area contributed by atoms with Crippen LogP contribution in [0.3, 0.4) is 0 Å². The number of carbonyl (C=O) groups is 2. The molecule has 0 saturated carbocycles. The van der Waals surface area contributed by atoms with Gasteiger partial charge in [-0.15, -0.1) is 0 Å². The molecule has 0 bridgehead atoms. The summed E-state index contributed by atoms with van der Waals surface area (Å²) in [5.74, 6) is -0.981. The quantitative estimate of drug-likeness (QED) is 0.641. The van der Waals surface area contributed by atoms with Crippen LogP contribution in [0.1, 0.15) is 22.8 Å². The van der Waals surface area contributed by atoms with Crippen molar-refractivity contribution < 1.29 is 37.3 Å². The number of methoxy groups -OCH3 is 2. The number of ether oxygens (including phenoxy) is 4. The van der Waals surface area contributed by atoms with Crippen LogP contribution in [0.4, 0.5) is 8.78 Å². The molecule has 0 radical (unpaired) electrons. The van der Waals surface area contributed by atoms with Gasteiger partial charge in [0.1, 0.15) is 5.75 Å². The Morgan fingerprint density at radius 1 is 1.00 bits per heavy atom. The topological polar surface area (TPSA) is 83.1 Å². The van der Waals surface area contributed by atoms with Crippen LogP contribution >= 0.6 is 0 Å². The zero-order chi connectivity index (χ0) is 21.4. The van der Waals surface area contributed by atoms with Crippen LogP contribution < -0.4 is 19.5 Å². The summed E-state index contributed by atoms with van der Waals surface area (Å²) in [5, 5.41) is 2.66. The summed E-state index contributed by atoms with van der Waals surface area (Å²) in [7, 11) is 2.77. The van der Waals surface area contributed by atoms with E-state index in [2.05, 4.69) is 10.1 Å². The fourth-order valence-corrected chi connectivity index (χ4v) is 2.45. The Bertz CT molecular complexity index is 859. The van der Waals surface area contributed by atoms with Crippen LogP contribution in [0.2, 0.25) is 0 Å². The molecule has 7 nitrogen and oxygen atoms in total. The van der Waals surface area contributed by atoms with Crippen LogP contribution in [0, 0.1) is 0 Å². The molecule has 2 aromatic carbocycles. The second-order valence-corrected chi connectivity index (χ2v) is 5.82. The zero-order valence-corrected chi connectivity index (χ0v) is 16.1. The predicted molar refractivity (Wildman–Crippen MR) is 99.3 cm³/mol. The first-order valence-electron chi connectivity index (χ1n) is 8.59. The van der Waals surface area contributed by atoms with Crippen molar-refractivity contribution in [3.63, 3.8) is 0 Å². The molecular weight excluding hydrogens is 388 g/mol. The number of rotatable bonds is 9. The van der Waals surface area contributed by atoms with Gasteiger partial charge in [0.05, 0.1) is 19.8 Å². The van der Waals surface area contributed by atoms with Crippen molar-refractivity contribution in [3.8, 4) is 17.2 Å². The van der Waals surface area contributed by atoms with E-state index in [4.69, 9.17) is 14.2 Å². The van der Waals surface area contributed by atoms with Gasteiger partial charge in [-0.1, -0.05) is 18.2 Å². The number of esters is 1. The lowest BCUT2D eigenvalue weighted by atomic mass is 10.2. The average molecular weight is 409 g/mol. The number of carbonyl (C=O) groups excluding carboxylic acids is 2. The molecule has 0 unspecified atom stereocenters. The lowest BCUT2D eigenvalue weighted by Gasteiger charge is -2.15. The highest BCUT2D eigenvalue weighted by molar-refractivity contribution is 5.92. The molecule has 1 atom stereocenters. The van der Waals surface area contributed by atoms with Crippen molar-refractivity contribution in [1.29, 1.82) is 0 Å². The van der Waals surface area contributed by atoms with E-state index in [0.29, 0.717) is 5.75 Å². The normalized spacial score (nSPS) is 11.5. The van der Waals surface area contributed by atoms with E-state index in [1.165, 1.54) is 33.3 Å². The van der Waals surface area contributed by atoms with Crippen molar-refractivity contribution in [2.75, 3.05) is 14.2 Å². The van der Waals surface area contributed by atoms with E-state index in [1.807, 2.05) is 6.07 Å². The molecule has 0 spiro atoms. The summed E-state index contributed by atoms with van der Waals surface area (Å²) in [6, 6.07) is 10.8. The second kappa shape index (κ2) is 10.3. The van der Waals surface area contributed by atoms with Crippen molar-refractivity contribution in [2.45, 2.75) is 26.2 Å². The predicted octanol–water partition coefficient (Wildman–Crippen LogP) is 3.17. The van der Waals surface area contributed by atoms with Crippen molar-refractivity contribution >= 4 is 11.9 Å². The van der Waals surface area contributed by atoms with Crippen LogP contribution in [-0.2, 0) is 16.1 Å². The van der Waals surface area contributed by atoms with Gasteiger partial charge in [-0.2, -0.15) is 8.78 Å². The van der Waals surface area contributed by atoms with E-state index < -0.39 is 24.6 Å². The van der Waals surface area contributed by atoms with Gasteiger partial charge < -0.3 is 24.3 Å². The maximum absolute atomic E-state index is 12.4. The summed E-state index contributed by atoms with van der Waals surface area (Å²) >= 11 is 0. The Morgan fingerprint density at radius 3 is 2.34 bits per heavy atom. The molecule has 2 aromatic rings. The largest absolute Gasteiger partial charge is 0.496 e. The summed E-state index contributed by atoms with van der Waals surface area (Å²) in [6.45, 7) is -1.42. The maximum Gasteiger partial charge on any atom is 0.387 e. The fraction of sp³-hybridized carbons (Fsp3) is 0.300. The lowest BCUT2D eigenvalue weighted by molar-refractivity contribution is -0.129. The molecule has 0 aliphatic carbocycles. The number of alkyl halides is 2. The van der Waals surface area contributed by atoms with Gasteiger partial charge in [0.15, 0.2) is 17.6 Å². The molecule has 0 heterocycles. The number of hydrogen-bond donors (Lipinski definition) is 1. The molecule has 29 heavy (non-hydrogen) atoms. The zero-order valence-electron chi connectivity index (χ0n) is 16.1. The van der Waals surface area contributed by atoms with Gasteiger partial charge in [0.2, 0.25) is 0 Å².